The summed E-state index contributed by atoms with van der Waals surface area (Å²) in [4.78, 5) is 28.5. The Bertz CT molecular complexity index is 1560. The summed E-state index contributed by atoms with van der Waals surface area (Å²) in [5.74, 6) is -0.558. The molecule has 0 bridgehead atoms. The number of carbonyl (C=O) groups excluding carboxylic acids is 2. The lowest BCUT2D eigenvalue weighted by atomic mass is 9.69. The van der Waals surface area contributed by atoms with Crippen LogP contribution < -0.4 is 0 Å². The van der Waals surface area contributed by atoms with Crippen LogP contribution in [0.15, 0.2) is 121 Å². The second kappa shape index (κ2) is 11.0. The van der Waals surface area contributed by atoms with Crippen LogP contribution in [0.1, 0.15) is 38.8 Å². The Kier molecular flexibility index (Phi) is 7.32. The summed E-state index contributed by atoms with van der Waals surface area (Å²) < 4.78 is 0. The largest absolute Gasteiger partial charge is 0.507 e. The maximum atomic E-state index is 14.2. The first-order valence-electron chi connectivity index (χ1n) is 13.0. The number of fused-ring (bicyclic) bond motifs is 1. The summed E-state index contributed by atoms with van der Waals surface area (Å²) in [5.41, 5.74) is 2.55. The van der Waals surface area contributed by atoms with Crippen LogP contribution in [0, 0.1) is 0 Å². The molecule has 0 saturated heterocycles. The SMILES string of the molecule is CCO.O=C1c2ccccc2C(=O)C1(c1ccc(O)c(-c2ccccc2)c1)c1ccc(O)c(-c2ccccc2)c1. The van der Waals surface area contributed by atoms with Gasteiger partial charge in [-0.3, -0.25) is 9.59 Å². The third kappa shape index (κ3) is 4.36. The number of ketones is 2. The van der Waals surface area contributed by atoms with Crippen LogP contribution in [0.4, 0.5) is 0 Å². The molecule has 0 fully saturated rings. The number of Topliss-reactive ketones (excluding diaryl/α,β-unsaturated/α-hetero) is 2. The van der Waals surface area contributed by atoms with Gasteiger partial charge >= 0.3 is 0 Å². The first-order chi connectivity index (χ1) is 19.4. The van der Waals surface area contributed by atoms with E-state index in [9.17, 15) is 19.8 Å². The van der Waals surface area contributed by atoms with E-state index in [1.165, 1.54) is 12.1 Å². The summed E-state index contributed by atoms with van der Waals surface area (Å²) >= 11 is 0. The Morgan fingerprint density at radius 3 is 1.25 bits per heavy atom. The standard InChI is InChI=1S/C33H22O4.C2H6O/c34-29-17-15-23(19-27(29)21-9-3-1-4-10-21)33(31(36)25-13-7-8-14-26(25)32(33)37)24-16-18-30(35)28(20-24)22-11-5-2-6-12-22;1-2-3/h1-20,34-35H;3H,2H2,1H3. The number of aliphatic hydroxyl groups is 1. The Labute approximate surface area is 232 Å². The lowest BCUT2D eigenvalue weighted by Crippen LogP contribution is -2.39. The van der Waals surface area contributed by atoms with E-state index in [0.29, 0.717) is 33.4 Å². The van der Waals surface area contributed by atoms with Crippen LogP contribution in [0.5, 0.6) is 11.5 Å². The highest BCUT2D eigenvalue weighted by Gasteiger charge is 2.55. The maximum absolute atomic E-state index is 14.2. The molecule has 0 saturated carbocycles. The van der Waals surface area contributed by atoms with E-state index >= 15 is 0 Å². The molecule has 5 heteroatoms. The smallest absolute Gasteiger partial charge is 0.186 e. The molecule has 40 heavy (non-hydrogen) atoms. The molecule has 0 radical (unpaired) electrons. The van der Waals surface area contributed by atoms with Crippen LogP contribution in [0.3, 0.4) is 0 Å². The van der Waals surface area contributed by atoms with Gasteiger partial charge in [0, 0.05) is 28.9 Å². The van der Waals surface area contributed by atoms with Crippen molar-refractivity contribution in [2.24, 2.45) is 0 Å². The van der Waals surface area contributed by atoms with Gasteiger partial charge in [0.15, 0.2) is 11.6 Å². The van der Waals surface area contributed by atoms with E-state index in [1.54, 1.807) is 55.5 Å². The monoisotopic (exact) mass is 528 g/mol. The molecule has 0 amide bonds. The van der Waals surface area contributed by atoms with Crippen LogP contribution in [0.2, 0.25) is 0 Å². The Morgan fingerprint density at radius 2 is 0.875 bits per heavy atom. The number of hydrogen-bond acceptors (Lipinski definition) is 5. The highest BCUT2D eigenvalue weighted by Crippen LogP contribution is 2.48. The molecular formula is C35H28O5. The summed E-state index contributed by atoms with van der Waals surface area (Å²) in [7, 11) is 0. The predicted octanol–water partition coefficient (Wildman–Crippen LogP) is 6.80. The van der Waals surface area contributed by atoms with Crippen molar-refractivity contribution in [1.82, 2.24) is 0 Å². The zero-order chi connectivity index (χ0) is 28.3. The number of phenols is 2. The molecule has 5 nitrogen and oxygen atoms in total. The highest BCUT2D eigenvalue weighted by atomic mass is 16.3. The Morgan fingerprint density at radius 1 is 0.525 bits per heavy atom. The van der Waals surface area contributed by atoms with Crippen LogP contribution in [0.25, 0.3) is 22.3 Å². The van der Waals surface area contributed by atoms with Gasteiger partial charge in [0.1, 0.15) is 16.9 Å². The van der Waals surface area contributed by atoms with E-state index in [1.807, 2.05) is 60.7 Å². The number of aromatic hydroxyl groups is 2. The minimum Gasteiger partial charge on any atom is -0.507 e. The molecule has 198 valence electrons. The van der Waals surface area contributed by atoms with E-state index in [0.717, 1.165) is 11.1 Å². The summed E-state index contributed by atoms with van der Waals surface area (Å²) in [6.45, 7) is 1.93. The average molecular weight is 529 g/mol. The van der Waals surface area contributed by atoms with Crippen LogP contribution in [-0.4, -0.2) is 33.5 Å². The van der Waals surface area contributed by atoms with Crippen molar-refractivity contribution in [3.8, 4) is 33.8 Å². The zero-order valence-electron chi connectivity index (χ0n) is 21.9. The lowest BCUT2D eigenvalue weighted by molar-refractivity contribution is 0.0829. The molecule has 5 aromatic rings. The summed E-state index contributed by atoms with van der Waals surface area (Å²) in [6.07, 6.45) is 0. The minimum absolute atomic E-state index is 0.0520. The molecule has 0 aromatic heterocycles. The third-order valence-corrected chi connectivity index (χ3v) is 7.13. The topological polar surface area (TPSA) is 94.8 Å². The maximum Gasteiger partial charge on any atom is 0.186 e. The molecule has 0 unspecified atom stereocenters. The Balaban J connectivity index is 0.00000103. The quantitative estimate of drug-likeness (QED) is 0.223. The number of rotatable bonds is 4. The molecule has 3 N–H and O–H groups in total. The van der Waals surface area contributed by atoms with Crippen molar-refractivity contribution in [3.05, 3.63) is 144 Å². The first-order valence-corrected chi connectivity index (χ1v) is 13.0. The molecule has 0 aliphatic heterocycles. The summed E-state index contributed by atoms with van der Waals surface area (Å²) in [5, 5.41) is 29.0. The fourth-order valence-corrected chi connectivity index (χ4v) is 5.31. The Hall–Kier alpha value is -5.00. The van der Waals surface area contributed by atoms with Gasteiger partial charge < -0.3 is 15.3 Å². The average Bonchev–Trinajstić information content (AvgIpc) is 3.22. The summed E-state index contributed by atoms with van der Waals surface area (Å²) in [6, 6.07) is 35.3. The fourth-order valence-electron chi connectivity index (χ4n) is 5.31. The van der Waals surface area contributed by atoms with Crippen LogP contribution >= 0.6 is 0 Å². The first kappa shape index (κ1) is 26.6. The van der Waals surface area contributed by atoms with Gasteiger partial charge in [-0.25, -0.2) is 0 Å². The predicted molar refractivity (Wildman–Crippen MR) is 156 cm³/mol. The van der Waals surface area contributed by atoms with Crippen molar-refractivity contribution in [2.75, 3.05) is 6.61 Å². The molecule has 6 rings (SSSR count). The van der Waals surface area contributed by atoms with Crippen molar-refractivity contribution >= 4 is 11.6 Å². The van der Waals surface area contributed by atoms with Crippen molar-refractivity contribution < 1.29 is 24.9 Å². The van der Waals surface area contributed by atoms with Gasteiger partial charge in [-0.1, -0.05) is 97.1 Å². The molecule has 0 heterocycles. The van der Waals surface area contributed by atoms with Crippen molar-refractivity contribution in [2.45, 2.75) is 12.3 Å². The molecule has 0 spiro atoms. The van der Waals surface area contributed by atoms with Gasteiger partial charge in [-0.2, -0.15) is 0 Å². The highest BCUT2D eigenvalue weighted by molar-refractivity contribution is 6.35. The number of benzene rings is 5. The van der Waals surface area contributed by atoms with E-state index < -0.39 is 5.41 Å². The minimum atomic E-state index is -1.67. The second-order valence-electron chi connectivity index (χ2n) is 9.47. The number of carbonyl (C=O) groups is 2. The molecule has 5 aromatic carbocycles. The molecule has 1 aliphatic carbocycles. The second-order valence-corrected chi connectivity index (χ2v) is 9.47. The van der Waals surface area contributed by atoms with Gasteiger partial charge in [0.2, 0.25) is 0 Å². The molecule has 1 aliphatic rings. The fraction of sp³-hybridized carbons (Fsp3) is 0.0857. The number of hydrogen-bond donors (Lipinski definition) is 3. The van der Waals surface area contributed by atoms with E-state index in [-0.39, 0.29) is 29.7 Å². The van der Waals surface area contributed by atoms with E-state index in [2.05, 4.69) is 0 Å². The van der Waals surface area contributed by atoms with Crippen molar-refractivity contribution in [1.29, 1.82) is 0 Å². The third-order valence-electron chi connectivity index (χ3n) is 7.13. The van der Waals surface area contributed by atoms with Crippen LogP contribution in [-0.2, 0) is 5.41 Å². The van der Waals surface area contributed by atoms with Gasteiger partial charge in [0.05, 0.1) is 0 Å². The van der Waals surface area contributed by atoms with Gasteiger partial charge in [-0.15, -0.1) is 0 Å². The van der Waals surface area contributed by atoms with Crippen molar-refractivity contribution in [3.63, 3.8) is 0 Å². The van der Waals surface area contributed by atoms with Gasteiger partial charge in [0.25, 0.3) is 0 Å². The number of phenolic OH excluding ortho intramolecular Hbond substituents is 2. The zero-order valence-corrected chi connectivity index (χ0v) is 21.9. The lowest BCUT2D eigenvalue weighted by Gasteiger charge is -2.29. The normalized spacial score (nSPS) is 13.3. The van der Waals surface area contributed by atoms with E-state index in [4.69, 9.17) is 5.11 Å². The molecular weight excluding hydrogens is 500 g/mol. The molecule has 0 atom stereocenters. The van der Waals surface area contributed by atoms with Gasteiger partial charge in [-0.05, 0) is 53.4 Å². The number of aliphatic hydroxyl groups excluding tert-OH is 1.